The van der Waals surface area contributed by atoms with E-state index in [0.29, 0.717) is 28.2 Å². The number of anilines is 3. The molecule has 6 rings (SSSR count). The van der Waals surface area contributed by atoms with Gasteiger partial charge in [-0.25, -0.2) is 19.0 Å². The van der Waals surface area contributed by atoms with Crippen LogP contribution in [-0.4, -0.2) is 67.2 Å². The summed E-state index contributed by atoms with van der Waals surface area (Å²) in [5, 5.41) is 8.14. The second-order valence-electron chi connectivity index (χ2n) is 11.0. The normalized spacial score (nSPS) is 16.8. The zero-order valence-electron chi connectivity index (χ0n) is 22.5. The molecule has 0 atom stereocenters. The zero-order chi connectivity index (χ0) is 27.3. The van der Waals surface area contributed by atoms with Crippen LogP contribution in [0.1, 0.15) is 26.3 Å². The molecule has 11 heteroatoms. The Morgan fingerprint density at radius 3 is 2.56 bits per heavy atom. The molecule has 0 unspecified atom stereocenters. The van der Waals surface area contributed by atoms with E-state index in [2.05, 4.69) is 51.0 Å². The molecule has 2 aliphatic rings. The fourth-order valence-electron chi connectivity index (χ4n) is 5.90. The maximum Gasteiger partial charge on any atom is 0.278 e. The van der Waals surface area contributed by atoms with Gasteiger partial charge in [-0.1, -0.05) is 6.08 Å². The van der Waals surface area contributed by atoms with Gasteiger partial charge >= 0.3 is 0 Å². The lowest BCUT2D eigenvalue weighted by atomic mass is 9.79. The molecule has 1 spiro atoms. The summed E-state index contributed by atoms with van der Waals surface area (Å²) in [5.41, 5.74) is 2.43. The molecule has 2 aliphatic heterocycles. The van der Waals surface area contributed by atoms with E-state index < -0.39 is 0 Å². The highest BCUT2D eigenvalue weighted by Crippen LogP contribution is 2.40. The number of aromatic nitrogens is 6. The van der Waals surface area contributed by atoms with Crippen molar-refractivity contribution in [2.75, 3.05) is 43.4 Å². The number of hydrogen-bond acceptors (Lipinski definition) is 8. The van der Waals surface area contributed by atoms with E-state index in [1.165, 1.54) is 46.8 Å². The third kappa shape index (κ3) is 4.42. The van der Waals surface area contributed by atoms with Gasteiger partial charge in [0.15, 0.2) is 11.5 Å². The minimum Gasteiger partial charge on any atom is -0.371 e. The number of likely N-dealkylation sites (tertiary alicyclic amines) is 1. The van der Waals surface area contributed by atoms with Crippen LogP contribution in [0.3, 0.4) is 0 Å². The Hall–Kier alpha value is -4.25. The van der Waals surface area contributed by atoms with Crippen LogP contribution in [0.15, 0.2) is 64.8 Å². The van der Waals surface area contributed by atoms with Gasteiger partial charge in [0, 0.05) is 55.2 Å². The number of nitrogens with one attached hydrogen (secondary N) is 1. The minimum absolute atomic E-state index is 0.144. The van der Waals surface area contributed by atoms with Gasteiger partial charge < -0.3 is 15.1 Å². The van der Waals surface area contributed by atoms with Gasteiger partial charge in [-0.2, -0.15) is 4.98 Å². The summed E-state index contributed by atoms with van der Waals surface area (Å²) in [7, 11) is 2.18. The van der Waals surface area contributed by atoms with Crippen molar-refractivity contribution in [3.8, 4) is 5.82 Å². The number of hydrogen-bond donors (Lipinski definition) is 1. The molecule has 0 amide bonds. The van der Waals surface area contributed by atoms with Gasteiger partial charge in [0.2, 0.25) is 5.95 Å². The van der Waals surface area contributed by atoms with Crippen molar-refractivity contribution in [2.24, 2.45) is 5.41 Å². The topological polar surface area (TPSA) is 106 Å². The summed E-state index contributed by atoms with van der Waals surface area (Å²) in [5.74, 6) is 0.766. The molecule has 5 heterocycles. The average molecular weight is 528 g/mol. The van der Waals surface area contributed by atoms with Gasteiger partial charge in [0.05, 0.1) is 12.6 Å². The molecule has 2 saturated heterocycles. The Bertz CT molecular complexity index is 1660. The van der Waals surface area contributed by atoms with Crippen LogP contribution in [0.5, 0.6) is 0 Å². The maximum absolute atomic E-state index is 13.2. The van der Waals surface area contributed by atoms with E-state index in [0.717, 1.165) is 18.8 Å². The fraction of sp³-hybridized carbons (Fsp3) is 0.393. The minimum atomic E-state index is -0.258. The van der Waals surface area contributed by atoms with Crippen LogP contribution >= 0.6 is 0 Å². The SMILES string of the molecule is C=CCn1c(=O)c2cnc(Nc3ccc(N4CCC5(CN(C)C5)C4)cc3)nc2n1-c1ccc(=O)n(C(C)C)n1. The standard InChI is InChI=1S/C28H33N9O2/c1-5-13-35-26(39)22-15-29-27(31-25(22)37(35)23-10-11-24(38)36(32-23)19(2)3)30-20-6-8-21(9-7-20)34-14-12-28(18-34)16-33(4)17-28/h5-11,15,19H,1,12-14,16-18H2,2-4H3,(H,29,30,31). The fourth-order valence-corrected chi connectivity index (χ4v) is 5.90. The number of fused-ring (bicyclic) bond motifs is 1. The molecule has 0 aliphatic carbocycles. The van der Waals surface area contributed by atoms with Crippen molar-refractivity contribution in [2.45, 2.75) is 32.9 Å². The summed E-state index contributed by atoms with van der Waals surface area (Å²) in [6.07, 6.45) is 4.39. The van der Waals surface area contributed by atoms with Gasteiger partial charge in [-0.05, 0) is 57.6 Å². The van der Waals surface area contributed by atoms with Crippen LogP contribution in [0.2, 0.25) is 0 Å². The molecule has 2 fully saturated rings. The smallest absolute Gasteiger partial charge is 0.278 e. The molecule has 1 N–H and O–H groups in total. The van der Waals surface area contributed by atoms with Crippen molar-refractivity contribution in [3.63, 3.8) is 0 Å². The van der Waals surface area contributed by atoms with E-state index in [9.17, 15) is 9.59 Å². The molecule has 1 aromatic carbocycles. The Morgan fingerprint density at radius 2 is 1.87 bits per heavy atom. The molecule has 3 aromatic heterocycles. The second-order valence-corrected chi connectivity index (χ2v) is 11.0. The monoisotopic (exact) mass is 527 g/mol. The van der Waals surface area contributed by atoms with Crippen LogP contribution in [0.4, 0.5) is 17.3 Å². The first-order valence-corrected chi connectivity index (χ1v) is 13.3. The average Bonchev–Trinajstić information content (AvgIpc) is 3.45. The lowest BCUT2D eigenvalue weighted by Crippen LogP contribution is -2.55. The molecule has 202 valence electrons. The largest absolute Gasteiger partial charge is 0.371 e. The third-order valence-corrected chi connectivity index (χ3v) is 7.63. The molecule has 11 nitrogen and oxygen atoms in total. The Labute approximate surface area is 226 Å². The maximum atomic E-state index is 13.2. The first-order chi connectivity index (χ1) is 18.8. The van der Waals surface area contributed by atoms with Crippen molar-refractivity contribution >= 4 is 28.4 Å². The van der Waals surface area contributed by atoms with Crippen LogP contribution in [-0.2, 0) is 6.54 Å². The molecule has 0 saturated carbocycles. The van der Waals surface area contributed by atoms with E-state index in [-0.39, 0.29) is 23.7 Å². The highest BCUT2D eigenvalue weighted by molar-refractivity contribution is 5.77. The van der Waals surface area contributed by atoms with Crippen molar-refractivity contribution in [1.29, 1.82) is 0 Å². The highest BCUT2D eigenvalue weighted by atomic mass is 16.1. The summed E-state index contributed by atoms with van der Waals surface area (Å²) < 4.78 is 4.50. The highest BCUT2D eigenvalue weighted by Gasteiger charge is 2.46. The van der Waals surface area contributed by atoms with E-state index in [4.69, 9.17) is 4.98 Å². The predicted octanol–water partition coefficient (Wildman–Crippen LogP) is 2.79. The molecule has 0 radical (unpaired) electrons. The quantitative estimate of drug-likeness (QED) is 0.366. The number of rotatable bonds is 7. The summed E-state index contributed by atoms with van der Waals surface area (Å²) in [4.78, 5) is 39.5. The van der Waals surface area contributed by atoms with Gasteiger partial charge in [-0.3, -0.25) is 9.59 Å². The van der Waals surface area contributed by atoms with Gasteiger partial charge in [0.25, 0.3) is 11.1 Å². The molecule has 0 bridgehead atoms. The Morgan fingerprint density at radius 1 is 1.10 bits per heavy atom. The summed E-state index contributed by atoms with van der Waals surface area (Å²) in [6.45, 7) is 12.3. The third-order valence-electron chi connectivity index (χ3n) is 7.63. The first-order valence-electron chi connectivity index (χ1n) is 13.3. The molecular formula is C28H33N9O2. The molecule has 39 heavy (non-hydrogen) atoms. The zero-order valence-corrected chi connectivity index (χ0v) is 22.5. The van der Waals surface area contributed by atoms with Crippen LogP contribution in [0, 0.1) is 5.41 Å². The lowest BCUT2D eigenvalue weighted by Gasteiger charge is -2.46. The van der Waals surface area contributed by atoms with Crippen molar-refractivity contribution < 1.29 is 0 Å². The van der Waals surface area contributed by atoms with Crippen LogP contribution in [0.25, 0.3) is 16.9 Å². The number of allylic oxidation sites excluding steroid dienone is 1. The van der Waals surface area contributed by atoms with Gasteiger partial charge in [0.1, 0.15) is 5.39 Å². The molecule has 4 aromatic rings. The Balaban J connectivity index is 1.31. The van der Waals surface area contributed by atoms with E-state index in [1.54, 1.807) is 16.8 Å². The van der Waals surface area contributed by atoms with E-state index >= 15 is 0 Å². The van der Waals surface area contributed by atoms with E-state index in [1.807, 2.05) is 26.0 Å². The van der Waals surface area contributed by atoms with Crippen molar-refractivity contribution in [3.05, 3.63) is 76.0 Å². The first kappa shape index (κ1) is 25.1. The lowest BCUT2D eigenvalue weighted by molar-refractivity contribution is 0.0424. The summed E-state index contributed by atoms with van der Waals surface area (Å²) >= 11 is 0. The summed E-state index contributed by atoms with van der Waals surface area (Å²) in [6, 6.07) is 11.2. The van der Waals surface area contributed by atoms with Crippen LogP contribution < -0.4 is 21.3 Å². The molecular weight excluding hydrogens is 494 g/mol. The number of nitrogens with zero attached hydrogens (tertiary/aromatic N) is 8. The second kappa shape index (κ2) is 9.49. The van der Waals surface area contributed by atoms with Gasteiger partial charge in [-0.15, -0.1) is 11.7 Å². The van der Waals surface area contributed by atoms with Crippen molar-refractivity contribution in [1.82, 2.24) is 34.0 Å². The Kier molecular flexibility index (Phi) is 6.10. The predicted molar refractivity (Wildman–Crippen MR) is 152 cm³/mol. The number of benzene rings is 1.